The summed E-state index contributed by atoms with van der Waals surface area (Å²) in [5.74, 6) is -19.0. The molecule has 6 nitrogen and oxygen atoms in total. The van der Waals surface area contributed by atoms with Crippen LogP contribution in [-0.4, -0.2) is 80.0 Å². The second-order valence-corrected chi connectivity index (χ2v) is 14.5. The van der Waals surface area contributed by atoms with Crippen molar-refractivity contribution >= 4 is 28.0 Å². The summed E-state index contributed by atoms with van der Waals surface area (Å²) >= 11 is 0. The Morgan fingerprint density at radius 1 is 0.386 bits per heavy atom. The molecule has 0 amide bonds. The molecule has 0 N–H and O–H groups in total. The lowest BCUT2D eigenvalue weighted by molar-refractivity contribution is -0.419. The molecule has 0 fully saturated rings. The SMILES string of the molecule is CCO[Si](OCC)(OC(F)(F)C(F)(F)F)c1ccccc1.Fc1c(F)c(F)c([Si](OC(F)(F)C(F)(F)F)(OC(F)(F)C(F)(F)F)OC(F)(F)C(F)(F)F)c(F)c1F. The first-order valence-electron chi connectivity index (χ1n) is 13.7. The van der Waals surface area contributed by atoms with E-state index in [1.165, 1.54) is 38.1 Å². The van der Waals surface area contributed by atoms with Gasteiger partial charge in [-0.1, -0.05) is 30.3 Å². The van der Waals surface area contributed by atoms with Gasteiger partial charge in [0, 0.05) is 18.4 Å². The molecule has 0 heterocycles. The van der Waals surface area contributed by atoms with E-state index < -0.39 is 101 Å². The van der Waals surface area contributed by atoms with Gasteiger partial charge in [-0.25, -0.2) is 22.0 Å². The largest absolute Gasteiger partial charge is 0.557 e. The lowest BCUT2D eigenvalue weighted by Gasteiger charge is -2.38. The highest BCUT2D eigenvalue weighted by Crippen LogP contribution is 2.47. The standard InChI is InChI=1S/C12F20O3Si.C12H15F5O3Si/c13-1-2(14)4(16)6(5(17)3(1)15)36(33-10(27,28)7(18,19)20,34-11(29,30)8(21,22)23)35-12(31,32)9(24,25)26;1-3-18-21(19-4-2,10-8-6-5-7-9-10)20-12(16,17)11(13,14)15/h;5-9H,3-4H2,1-2H3. The van der Waals surface area contributed by atoms with Crippen LogP contribution >= 0.6 is 0 Å². The van der Waals surface area contributed by atoms with E-state index in [2.05, 4.69) is 17.7 Å². The van der Waals surface area contributed by atoms with Crippen molar-refractivity contribution < 1.29 is 136 Å². The predicted molar refractivity (Wildman–Crippen MR) is 135 cm³/mol. The molecular weight excluding hydrogens is 915 g/mol. The molecule has 0 saturated carbocycles. The fourth-order valence-electron chi connectivity index (χ4n) is 3.34. The molecule has 0 spiro atoms. The fraction of sp³-hybridized carbons (Fsp3) is 0.500. The van der Waals surface area contributed by atoms with Crippen molar-refractivity contribution in [3.63, 3.8) is 0 Å². The highest BCUT2D eigenvalue weighted by atomic mass is 28.4. The summed E-state index contributed by atoms with van der Waals surface area (Å²) in [5.41, 5.74) is 0. The van der Waals surface area contributed by atoms with Crippen molar-refractivity contribution in [2.45, 2.75) is 63.0 Å². The zero-order valence-electron chi connectivity index (χ0n) is 26.7. The molecule has 2 rings (SSSR count). The van der Waals surface area contributed by atoms with Crippen LogP contribution in [0.5, 0.6) is 0 Å². The highest BCUT2D eigenvalue weighted by molar-refractivity contribution is 6.76. The van der Waals surface area contributed by atoms with E-state index in [1.54, 1.807) is 6.07 Å². The second-order valence-electron chi connectivity index (χ2n) is 9.76. The molecule has 2 aromatic carbocycles. The van der Waals surface area contributed by atoms with Gasteiger partial charge in [0.15, 0.2) is 23.3 Å². The summed E-state index contributed by atoms with van der Waals surface area (Å²) in [6, 6.07) is 7.21. The zero-order chi connectivity index (χ0) is 45.2. The monoisotopic (exact) mass is 930 g/mol. The molecule has 0 unspecified atom stereocenters. The number of benzene rings is 2. The van der Waals surface area contributed by atoms with E-state index in [9.17, 15) is 110 Å². The van der Waals surface area contributed by atoms with Gasteiger partial charge in [-0.05, 0) is 13.8 Å². The normalized spacial score (nSPS) is 14.4. The van der Waals surface area contributed by atoms with Crippen LogP contribution in [-0.2, 0) is 26.6 Å². The Labute approximate surface area is 300 Å². The number of hydrogen-bond donors (Lipinski definition) is 0. The van der Waals surface area contributed by atoms with E-state index >= 15 is 0 Å². The van der Waals surface area contributed by atoms with Crippen molar-refractivity contribution in [3.05, 3.63) is 59.4 Å². The number of hydrogen-bond acceptors (Lipinski definition) is 6. The Morgan fingerprint density at radius 3 is 0.877 bits per heavy atom. The topological polar surface area (TPSA) is 55.4 Å². The molecule has 0 radical (unpaired) electrons. The van der Waals surface area contributed by atoms with Gasteiger partial charge in [-0.2, -0.15) is 87.8 Å². The summed E-state index contributed by atoms with van der Waals surface area (Å²) in [4.78, 5) is 0. The zero-order valence-corrected chi connectivity index (χ0v) is 28.7. The molecule has 330 valence electrons. The van der Waals surface area contributed by atoms with E-state index in [0.717, 1.165) is 0 Å². The van der Waals surface area contributed by atoms with Crippen molar-refractivity contribution in [2.24, 2.45) is 0 Å². The van der Waals surface area contributed by atoms with Crippen molar-refractivity contribution in [1.29, 1.82) is 0 Å². The Bertz CT molecular complexity index is 1540. The molecule has 0 saturated heterocycles. The van der Waals surface area contributed by atoms with Gasteiger partial charge in [0.25, 0.3) is 0 Å². The van der Waals surface area contributed by atoms with Crippen LogP contribution in [0.15, 0.2) is 30.3 Å². The maximum Gasteiger partial charge on any atom is 0.557 e. The highest BCUT2D eigenvalue weighted by Gasteiger charge is 2.77. The van der Waals surface area contributed by atoms with Crippen LogP contribution < -0.4 is 10.4 Å². The number of rotatable bonds is 14. The van der Waals surface area contributed by atoms with Crippen molar-refractivity contribution in [2.75, 3.05) is 13.2 Å². The maximum absolute atomic E-state index is 14.0. The molecule has 0 aromatic heterocycles. The summed E-state index contributed by atoms with van der Waals surface area (Å²) in [5, 5.41) is -4.09. The van der Waals surface area contributed by atoms with Crippen LogP contribution in [0.25, 0.3) is 0 Å². The first-order valence-corrected chi connectivity index (χ1v) is 17.1. The van der Waals surface area contributed by atoms with Crippen molar-refractivity contribution in [3.8, 4) is 0 Å². The van der Waals surface area contributed by atoms with Gasteiger partial charge in [0.1, 0.15) is 5.19 Å². The fourth-order valence-corrected chi connectivity index (χ4v) is 8.36. The minimum absolute atomic E-state index is 0.0395. The average molecular weight is 931 g/mol. The van der Waals surface area contributed by atoms with E-state index in [4.69, 9.17) is 8.85 Å². The van der Waals surface area contributed by atoms with Crippen LogP contribution in [0.1, 0.15) is 13.8 Å². The number of halogens is 25. The minimum Gasteiger partial charge on any atom is -0.370 e. The molecule has 33 heteroatoms. The predicted octanol–water partition coefficient (Wildman–Crippen LogP) is 9.12. The third-order valence-electron chi connectivity index (χ3n) is 5.68. The molecule has 0 atom stereocenters. The lowest BCUT2D eigenvalue weighted by Crippen LogP contribution is -2.70. The Kier molecular flexibility index (Phi) is 15.7. The quantitative estimate of drug-likeness (QED) is 0.0817. The van der Waals surface area contributed by atoms with Gasteiger partial charge in [-0.15, -0.1) is 0 Å². The third-order valence-corrected chi connectivity index (χ3v) is 11.2. The van der Waals surface area contributed by atoms with Gasteiger partial charge in [-0.3, -0.25) is 0 Å². The number of alkyl halides is 20. The van der Waals surface area contributed by atoms with E-state index in [1.807, 2.05) is 0 Å². The van der Waals surface area contributed by atoms with Gasteiger partial charge in [0.05, 0.1) is 0 Å². The lowest BCUT2D eigenvalue weighted by atomic mass is 10.3. The first kappa shape index (κ1) is 51.9. The molecular formula is C24H15F25O6Si2. The molecule has 0 aliphatic rings. The van der Waals surface area contributed by atoms with Gasteiger partial charge >= 0.3 is 66.7 Å². The summed E-state index contributed by atoms with van der Waals surface area (Å²) < 4.78 is 345. The van der Waals surface area contributed by atoms with E-state index in [0.29, 0.717) is 0 Å². The molecule has 0 aliphatic heterocycles. The molecule has 0 bridgehead atoms. The smallest absolute Gasteiger partial charge is 0.370 e. The minimum atomic E-state index is -9.39. The second kappa shape index (κ2) is 17.2. The van der Waals surface area contributed by atoms with Crippen LogP contribution in [0.3, 0.4) is 0 Å². The Balaban J connectivity index is 0.000000655. The molecule has 0 aliphatic carbocycles. The molecule has 57 heavy (non-hydrogen) atoms. The maximum atomic E-state index is 14.0. The summed E-state index contributed by atoms with van der Waals surface area (Å²) in [6.45, 7) is 2.65. The Morgan fingerprint density at radius 2 is 0.632 bits per heavy atom. The van der Waals surface area contributed by atoms with Gasteiger partial charge in [0.2, 0.25) is 5.82 Å². The Hall–Kier alpha value is -3.12. The van der Waals surface area contributed by atoms with Gasteiger partial charge < -0.3 is 26.6 Å². The summed E-state index contributed by atoms with van der Waals surface area (Å²) in [7, 11) is -13.8. The first-order chi connectivity index (χ1) is 25.2. The van der Waals surface area contributed by atoms with Crippen LogP contribution in [0, 0.1) is 29.1 Å². The molecule has 2 aromatic rings. The van der Waals surface area contributed by atoms with E-state index in [-0.39, 0.29) is 18.4 Å². The van der Waals surface area contributed by atoms with Crippen molar-refractivity contribution in [1.82, 2.24) is 0 Å². The average Bonchev–Trinajstić information content (AvgIpc) is 3.01. The van der Waals surface area contributed by atoms with Crippen LogP contribution in [0.4, 0.5) is 110 Å². The third kappa shape index (κ3) is 11.5. The summed E-state index contributed by atoms with van der Waals surface area (Å²) in [6.07, 6.45) is -56.5. The van der Waals surface area contributed by atoms with Crippen LogP contribution in [0.2, 0.25) is 0 Å².